The van der Waals surface area contributed by atoms with E-state index >= 15 is 0 Å². The molecule has 142 valence electrons. The van der Waals surface area contributed by atoms with E-state index in [0.29, 0.717) is 11.3 Å². The number of halogens is 1. The van der Waals surface area contributed by atoms with E-state index in [9.17, 15) is 12.8 Å². The van der Waals surface area contributed by atoms with E-state index in [-0.39, 0.29) is 16.5 Å². The molecule has 0 radical (unpaired) electrons. The number of rotatable bonds is 7. The number of ether oxygens (including phenoxy) is 2. The Morgan fingerprint density at radius 2 is 1.78 bits per heavy atom. The molecule has 0 saturated carbocycles. The van der Waals surface area contributed by atoms with Gasteiger partial charge in [0, 0.05) is 10.9 Å². The number of thiophene rings is 1. The van der Waals surface area contributed by atoms with Gasteiger partial charge >= 0.3 is 0 Å². The number of benzene rings is 2. The molecule has 8 heteroatoms. The first-order chi connectivity index (χ1) is 12.9. The molecule has 0 spiro atoms. The van der Waals surface area contributed by atoms with E-state index < -0.39 is 16.1 Å². The Labute approximate surface area is 161 Å². The van der Waals surface area contributed by atoms with Crippen LogP contribution in [0, 0.1) is 5.82 Å². The van der Waals surface area contributed by atoms with Crippen LogP contribution in [0.3, 0.4) is 0 Å². The number of hydrogen-bond donors (Lipinski definition) is 1. The fraction of sp³-hybridized carbons (Fsp3) is 0.158. The van der Waals surface area contributed by atoms with Crippen LogP contribution in [0.15, 0.2) is 64.9 Å². The molecule has 0 saturated heterocycles. The SMILES string of the molecule is COc1ccc(OC)c(S(=O)(=O)N[C@H](c2ccc(F)cc2)c2cccs2)c1. The molecule has 0 fully saturated rings. The predicted molar refractivity (Wildman–Crippen MR) is 102 cm³/mol. The summed E-state index contributed by atoms with van der Waals surface area (Å²) in [6.45, 7) is 0. The van der Waals surface area contributed by atoms with Crippen LogP contribution in [0.25, 0.3) is 0 Å². The van der Waals surface area contributed by atoms with Crippen molar-refractivity contribution in [1.29, 1.82) is 0 Å². The van der Waals surface area contributed by atoms with E-state index in [4.69, 9.17) is 9.47 Å². The van der Waals surface area contributed by atoms with Crippen LogP contribution in [0.2, 0.25) is 0 Å². The van der Waals surface area contributed by atoms with Gasteiger partial charge in [-0.05, 0) is 41.3 Å². The van der Waals surface area contributed by atoms with Gasteiger partial charge in [0.05, 0.1) is 20.3 Å². The third-order valence-corrected chi connectivity index (χ3v) is 6.35. The summed E-state index contributed by atoms with van der Waals surface area (Å²) < 4.78 is 52.6. The molecule has 1 aromatic heterocycles. The first-order valence-corrected chi connectivity index (χ1v) is 10.3. The smallest absolute Gasteiger partial charge is 0.245 e. The molecule has 27 heavy (non-hydrogen) atoms. The van der Waals surface area contributed by atoms with Crippen LogP contribution < -0.4 is 14.2 Å². The highest BCUT2D eigenvalue weighted by molar-refractivity contribution is 7.89. The molecule has 0 aliphatic rings. The Balaban J connectivity index is 2.04. The summed E-state index contributed by atoms with van der Waals surface area (Å²) in [4.78, 5) is 0.750. The lowest BCUT2D eigenvalue weighted by Gasteiger charge is -2.19. The molecule has 0 amide bonds. The Bertz CT molecular complexity index is 1000. The molecular formula is C19H18FNO4S2. The van der Waals surface area contributed by atoms with Crippen LogP contribution in [0.1, 0.15) is 16.5 Å². The number of hydrogen-bond acceptors (Lipinski definition) is 5. The minimum atomic E-state index is -3.96. The highest BCUT2D eigenvalue weighted by atomic mass is 32.2. The van der Waals surface area contributed by atoms with E-state index in [1.807, 2.05) is 17.5 Å². The molecule has 0 bridgehead atoms. The lowest BCUT2D eigenvalue weighted by molar-refractivity contribution is 0.391. The van der Waals surface area contributed by atoms with Gasteiger partial charge in [-0.3, -0.25) is 0 Å². The maximum atomic E-state index is 13.3. The lowest BCUT2D eigenvalue weighted by Crippen LogP contribution is -2.29. The quantitative estimate of drug-likeness (QED) is 0.644. The largest absolute Gasteiger partial charge is 0.497 e. The van der Waals surface area contributed by atoms with Crippen LogP contribution in [0.5, 0.6) is 11.5 Å². The number of sulfonamides is 1. The van der Waals surface area contributed by atoms with Crippen molar-refractivity contribution in [2.75, 3.05) is 14.2 Å². The zero-order chi connectivity index (χ0) is 19.4. The Hall–Kier alpha value is -2.42. The van der Waals surface area contributed by atoms with Crippen molar-refractivity contribution in [3.8, 4) is 11.5 Å². The second-order valence-electron chi connectivity index (χ2n) is 5.64. The molecule has 3 rings (SSSR count). The molecule has 1 N–H and O–H groups in total. The zero-order valence-electron chi connectivity index (χ0n) is 14.7. The van der Waals surface area contributed by atoms with E-state index in [0.717, 1.165) is 4.88 Å². The Morgan fingerprint density at radius 1 is 1.04 bits per heavy atom. The molecule has 3 aromatic rings. The first kappa shape index (κ1) is 19.3. The second-order valence-corrected chi connectivity index (χ2v) is 8.30. The molecule has 0 unspecified atom stereocenters. The highest BCUT2D eigenvalue weighted by Crippen LogP contribution is 2.32. The molecule has 5 nitrogen and oxygen atoms in total. The fourth-order valence-corrected chi connectivity index (χ4v) is 4.88. The summed E-state index contributed by atoms with van der Waals surface area (Å²) in [5.41, 5.74) is 0.629. The molecule has 1 heterocycles. The summed E-state index contributed by atoms with van der Waals surface area (Å²) >= 11 is 1.41. The topological polar surface area (TPSA) is 64.6 Å². The number of methoxy groups -OCH3 is 2. The van der Waals surface area contributed by atoms with Crippen molar-refractivity contribution in [1.82, 2.24) is 4.72 Å². The summed E-state index contributed by atoms with van der Waals surface area (Å²) in [7, 11) is -1.10. The molecule has 0 aliphatic carbocycles. The van der Waals surface area contributed by atoms with Crippen molar-refractivity contribution in [2.24, 2.45) is 0 Å². The van der Waals surface area contributed by atoms with E-state index in [1.54, 1.807) is 18.2 Å². The van der Waals surface area contributed by atoms with Gasteiger partial charge in [-0.25, -0.2) is 12.8 Å². The van der Waals surface area contributed by atoms with Crippen LogP contribution in [0.4, 0.5) is 4.39 Å². The van der Waals surface area contributed by atoms with Crippen LogP contribution >= 0.6 is 11.3 Å². The van der Waals surface area contributed by atoms with Gasteiger partial charge in [0.15, 0.2) is 0 Å². The summed E-state index contributed by atoms with van der Waals surface area (Å²) in [5.74, 6) is 0.207. The summed E-state index contributed by atoms with van der Waals surface area (Å²) in [6, 6.07) is 13.3. The van der Waals surface area contributed by atoms with Crippen molar-refractivity contribution in [3.63, 3.8) is 0 Å². The first-order valence-electron chi connectivity index (χ1n) is 7.98. The van der Waals surface area contributed by atoms with Gasteiger partial charge in [0.25, 0.3) is 0 Å². The van der Waals surface area contributed by atoms with Gasteiger partial charge < -0.3 is 9.47 Å². The maximum absolute atomic E-state index is 13.3. The third-order valence-electron chi connectivity index (χ3n) is 3.96. The van der Waals surface area contributed by atoms with Gasteiger partial charge in [-0.15, -0.1) is 11.3 Å². The maximum Gasteiger partial charge on any atom is 0.245 e. The number of nitrogens with one attached hydrogen (secondary N) is 1. The van der Waals surface area contributed by atoms with Crippen LogP contribution in [-0.2, 0) is 10.0 Å². The summed E-state index contributed by atoms with van der Waals surface area (Å²) in [5, 5.41) is 1.85. The van der Waals surface area contributed by atoms with Crippen LogP contribution in [-0.4, -0.2) is 22.6 Å². The predicted octanol–water partition coefficient (Wildman–Crippen LogP) is 3.97. The molecule has 0 aliphatic heterocycles. The molecule has 2 aromatic carbocycles. The summed E-state index contributed by atoms with van der Waals surface area (Å²) in [6.07, 6.45) is 0. The monoisotopic (exact) mass is 407 g/mol. The van der Waals surface area contributed by atoms with E-state index in [2.05, 4.69) is 4.72 Å². The average Bonchev–Trinajstić information content (AvgIpc) is 3.21. The van der Waals surface area contributed by atoms with Crippen molar-refractivity contribution in [3.05, 3.63) is 76.2 Å². The Morgan fingerprint density at radius 3 is 2.37 bits per heavy atom. The standard InChI is InChI=1S/C19H18FNO4S2/c1-24-15-9-10-16(25-2)18(12-15)27(22,23)21-19(17-4-3-11-26-17)13-5-7-14(20)8-6-13/h3-12,19,21H,1-2H3/t19-/m1/s1. The zero-order valence-corrected chi connectivity index (χ0v) is 16.3. The van der Waals surface area contributed by atoms with Gasteiger partial charge in [-0.2, -0.15) is 4.72 Å². The van der Waals surface area contributed by atoms with Crippen molar-refractivity contribution in [2.45, 2.75) is 10.9 Å². The van der Waals surface area contributed by atoms with Gasteiger partial charge in [-0.1, -0.05) is 18.2 Å². The van der Waals surface area contributed by atoms with Crippen molar-refractivity contribution >= 4 is 21.4 Å². The average molecular weight is 407 g/mol. The molecule has 1 atom stereocenters. The van der Waals surface area contributed by atoms with Gasteiger partial charge in [0.1, 0.15) is 22.2 Å². The Kier molecular flexibility index (Phi) is 5.79. The minimum absolute atomic E-state index is 0.0342. The molecular weight excluding hydrogens is 389 g/mol. The normalized spacial score (nSPS) is 12.6. The third kappa shape index (κ3) is 4.29. The highest BCUT2D eigenvalue weighted by Gasteiger charge is 2.27. The van der Waals surface area contributed by atoms with Gasteiger partial charge in [0.2, 0.25) is 10.0 Å². The van der Waals surface area contributed by atoms with E-state index in [1.165, 1.54) is 49.8 Å². The second kappa shape index (κ2) is 8.08. The lowest BCUT2D eigenvalue weighted by atomic mass is 10.1. The minimum Gasteiger partial charge on any atom is -0.497 e. The fourth-order valence-electron chi connectivity index (χ4n) is 2.61. The van der Waals surface area contributed by atoms with Crippen molar-refractivity contribution < 1.29 is 22.3 Å².